The highest BCUT2D eigenvalue weighted by Crippen LogP contribution is 2.05. The Kier molecular flexibility index (Phi) is 7.04. The van der Waals surface area contributed by atoms with E-state index in [0.29, 0.717) is 0 Å². The predicted octanol–water partition coefficient (Wildman–Crippen LogP) is 2.66. The zero-order valence-corrected chi connectivity index (χ0v) is 7.23. The van der Waals surface area contributed by atoms with Crippen molar-refractivity contribution >= 4 is 0 Å². The molecule has 0 amide bonds. The second-order valence-corrected chi connectivity index (χ2v) is 2.77. The maximum absolute atomic E-state index is 5.29. The highest BCUT2D eigenvalue weighted by Gasteiger charge is 1.96. The van der Waals surface area contributed by atoms with Crippen molar-refractivity contribution in [3.63, 3.8) is 0 Å². The average molecular weight is 143 g/mol. The van der Waals surface area contributed by atoms with Gasteiger partial charge in [-0.2, -0.15) is 0 Å². The Morgan fingerprint density at radius 2 is 2.10 bits per heavy atom. The molecular formula is C9H19O. The van der Waals surface area contributed by atoms with Gasteiger partial charge in [-0.25, -0.2) is 0 Å². The summed E-state index contributed by atoms with van der Waals surface area (Å²) >= 11 is 0. The highest BCUT2D eigenvalue weighted by atomic mass is 16.5. The Balaban J connectivity index is 2.89. The fourth-order valence-corrected chi connectivity index (χ4v) is 0.693. The van der Waals surface area contributed by atoms with E-state index in [-0.39, 0.29) is 0 Å². The summed E-state index contributed by atoms with van der Waals surface area (Å²) in [5.41, 5.74) is 0. The van der Waals surface area contributed by atoms with E-state index < -0.39 is 0 Å². The van der Waals surface area contributed by atoms with Crippen molar-refractivity contribution in [1.29, 1.82) is 0 Å². The zero-order chi connectivity index (χ0) is 7.82. The first kappa shape index (κ1) is 9.96. The summed E-state index contributed by atoms with van der Waals surface area (Å²) in [4.78, 5) is 0. The maximum atomic E-state index is 5.29. The molecule has 0 rings (SSSR count). The molecule has 0 bridgehead atoms. The molecule has 0 heterocycles. The smallest absolute Gasteiger partial charge is 0.0468 e. The van der Waals surface area contributed by atoms with Gasteiger partial charge in [0.2, 0.25) is 0 Å². The summed E-state index contributed by atoms with van der Waals surface area (Å²) < 4.78 is 5.29. The lowest BCUT2D eigenvalue weighted by molar-refractivity contribution is 0.125. The Hall–Kier alpha value is -0.0400. The van der Waals surface area contributed by atoms with Crippen molar-refractivity contribution in [2.24, 2.45) is 5.92 Å². The Labute approximate surface area is 64.8 Å². The van der Waals surface area contributed by atoms with Crippen LogP contribution in [-0.4, -0.2) is 13.2 Å². The fourth-order valence-electron chi connectivity index (χ4n) is 0.693. The van der Waals surface area contributed by atoms with Crippen LogP contribution in [0.1, 0.15) is 33.1 Å². The average Bonchev–Trinajstić information content (AvgIpc) is 1.98. The number of hydrogen-bond donors (Lipinski definition) is 0. The molecule has 0 aromatic rings. The second-order valence-electron chi connectivity index (χ2n) is 2.77. The van der Waals surface area contributed by atoms with E-state index >= 15 is 0 Å². The first-order valence-corrected chi connectivity index (χ1v) is 4.18. The van der Waals surface area contributed by atoms with Crippen molar-refractivity contribution in [2.45, 2.75) is 33.1 Å². The van der Waals surface area contributed by atoms with Crippen molar-refractivity contribution in [3.8, 4) is 0 Å². The van der Waals surface area contributed by atoms with Gasteiger partial charge in [0, 0.05) is 13.2 Å². The summed E-state index contributed by atoms with van der Waals surface area (Å²) in [7, 11) is 0. The van der Waals surface area contributed by atoms with Crippen LogP contribution in [0.3, 0.4) is 0 Å². The molecule has 0 aliphatic rings. The van der Waals surface area contributed by atoms with Crippen molar-refractivity contribution in [3.05, 3.63) is 6.92 Å². The monoisotopic (exact) mass is 143 g/mol. The molecule has 0 aliphatic heterocycles. The third kappa shape index (κ3) is 6.09. The third-order valence-electron chi connectivity index (χ3n) is 1.74. The van der Waals surface area contributed by atoms with Crippen LogP contribution < -0.4 is 0 Å². The lowest BCUT2D eigenvalue weighted by Crippen LogP contribution is -2.01. The normalized spacial score (nSPS) is 13.5. The largest absolute Gasteiger partial charge is 0.381 e. The number of ether oxygens (including phenoxy) is 1. The van der Waals surface area contributed by atoms with E-state index in [2.05, 4.69) is 20.8 Å². The molecular weight excluding hydrogens is 124 g/mol. The van der Waals surface area contributed by atoms with Gasteiger partial charge in [-0.05, 0) is 18.8 Å². The van der Waals surface area contributed by atoms with Crippen molar-refractivity contribution in [1.82, 2.24) is 0 Å². The van der Waals surface area contributed by atoms with Crippen LogP contribution in [0.25, 0.3) is 0 Å². The molecule has 1 radical (unpaired) electrons. The summed E-state index contributed by atoms with van der Waals surface area (Å²) in [6.07, 6.45) is 3.34. The fraction of sp³-hybridized carbons (Fsp3) is 0.889. The Bertz CT molecular complexity index is 61.7. The van der Waals surface area contributed by atoms with Gasteiger partial charge in [0.15, 0.2) is 0 Å². The van der Waals surface area contributed by atoms with E-state index in [9.17, 15) is 0 Å². The molecule has 10 heavy (non-hydrogen) atoms. The molecule has 0 saturated carbocycles. The molecule has 0 N–H and O–H groups in total. The molecule has 0 aromatic heterocycles. The Morgan fingerprint density at radius 3 is 2.60 bits per heavy atom. The van der Waals surface area contributed by atoms with Gasteiger partial charge in [-0.15, -0.1) is 0 Å². The molecule has 0 spiro atoms. The van der Waals surface area contributed by atoms with Gasteiger partial charge in [0.1, 0.15) is 0 Å². The maximum Gasteiger partial charge on any atom is 0.0468 e. The van der Waals surface area contributed by atoms with Crippen LogP contribution in [0.5, 0.6) is 0 Å². The van der Waals surface area contributed by atoms with Crippen LogP contribution in [0.4, 0.5) is 0 Å². The second kappa shape index (κ2) is 7.07. The van der Waals surface area contributed by atoms with Gasteiger partial charge in [0.05, 0.1) is 0 Å². The topological polar surface area (TPSA) is 9.23 Å². The summed E-state index contributed by atoms with van der Waals surface area (Å²) in [6.45, 7) is 9.89. The van der Waals surface area contributed by atoms with Gasteiger partial charge in [0.25, 0.3) is 0 Å². The van der Waals surface area contributed by atoms with Gasteiger partial charge in [-0.1, -0.05) is 27.2 Å². The van der Waals surface area contributed by atoms with Crippen LogP contribution in [0.15, 0.2) is 0 Å². The summed E-state index contributed by atoms with van der Waals surface area (Å²) in [5, 5.41) is 0. The zero-order valence-electron chi connectivity index (χ0n) is 7.23. The molecule has 1 atom stereocenters. The molecule has 1 unspecified atom stereocenters. The van der Waals surface area contributed by atoms with E-state index in [4.69, 9.17) is 4.74 Å². The minimum absolute atomic E-state index is 0.810. The molecule has 61 valence electrons. The van der Waals surface area contributed by atoms with E-state index in [1.807, 2.05) is 0 Å². The first-order chi connectivity index (χ1) is 4.81. The number of hydrogen-bond acceptors (Lipinski definition) is 1. The van der Waals surface area contributed by atoms with Crippen molar-refractivity contribution in [2.75, 3.05) is 13.2 Å². The van der Waals surface area contributed by atoms with Crippen LogP contribution in [-0.2, 0) is 4.74 Å². The lowest BCUT2D eigenvalue weighted by Gasteiger charge is -2.07. The summed E-state index contributed by atoms with van der Waals surface area (Å²) in [5.74, 6) is 0.810. The van der Waals surface area contributed by atoms with Gasteiger partial charge < -0.3 is 4.74 Å². The quantitative estimate of drug-likeness (QED) is 0.519. The molecule has 0 aromatic carbocycles. The summed E-state index contributed by atoms with van der Waals surface area (Å²) in [6, 6.07) is 0. The molecule has 0 fully saturated rings. The van der Waals surface area contributed by atoms with Crippen LogP contribution in [0, 0.1) is 12.8 Å². The SMILES string of the molecule is [CH2]CCOCCC(C)CC. The number of rotatable bonds is 6. The molecule has 1 nitrogen and oxygen atoms in total. The van der Waals surface area contributed by atoms with E-state index in [1.54, 1.807) is 0 Å². The Morgan fingerprint density at radius 1 is 1.40 bits per heavy atom. The minimum Gasteiger partial charge on any atom is -0.381 e. The molecule has 0 saturated heterocycles. The van der Waals surface area contributed by atoms with Crippen LogP contribution in [0.2, 0.25) is 0 Å². The first-order valence-electron chi connectivity index (χ1n) is 4.18. The van der Waals surface area contributed by atoms with Gasteiger partial charge >= 0.3 is 0 Å². The van der Waals surface area contributed by atoms with E-state index in [0.717, 1.165) is 25.6 Å². The lowest BCUT2D eigenvalue weighted by atomic mass is 10.1. The van der Waals surface area contributed by atoms with E-state index in [1.165, 1.54) is 12.8 Å². The molecule has 0 aliphatic carbocycles. The third-order valence-corrected chi connectivity index (χ3v) is 1.74. The van der Waals surface area contributed by atoms with Crippen molar-refractivity contribution < 1.29 is 4.74 Å². The predicted molar refractivity (Wildman–Crippen MR) is 44.9 cm³/mol. The molecule has 1 heteroatoms. The standard InChI is InChI=1S/C9H19O/c1-4-7-10-8-6-9(3)5-2/h9H,1,4-8H2,2-3H3. The van der Waals surface area contributed by atoms with Gasteiger partial charge in [-0.3, -0.25) is 0 Å². The minimum atomic E-state index is 0.810. The highest BCUT2D eigenvalue weighted by molar-refractivity contribution is 4.48. The van der Waals surface area contributed by atoms with Crippen LogP contribution >= 0.6 is 0 Å².